The van der Waals surface area contributed by atoms with Crippen LogP contribution in [0.2, 0.25) is 0 Å². The van der Waals surface area contributed by atoms with Crippen LogP contribution in [0.15, 0.2) is 22.7 Å². The van der Waals surface area contributed by atoms with Crippen molar-refractivity contribution in [2.75, 3.05) is 0 Å². The van der Waals surface area contributed by atoms with Gasteiger partial charge in [0.2, 0.25) is 0 Å². The Kier molecular flexibility index (Phi) is 1.92. The molecule has 1 aliphatic rings. The van der Waals surface area contributed by atoms with Crippen molar-refractivity contribution in [3.8, 4) is 23.0 Å². The predicted octanol–water partition coefficient (Wildman–Crippen LogP) is 2.20. The van der Waals surface area contributed by atoms with Crippen LogP contribution in [0, 0.1) is 0 Å². The molecule has 1 saturated carbocycles. The van der Waals surface area contributed by atoms with Crippen molar-refractivity contribution in [1.29, 1.82) is 0 Å². The average Bonchev–Trinajstić information content (AvgIpc) is 2.82. The second kappa shape index (κ2) is 3.23. The van der Waals surface area contributed by atoms with Crippen LogP contribution in [-0.2, 0) is 5.41 Å². The highest BCUT2D eigenvalue weighted by atomic mass is 16.5. The first-order chi connectivity index (χ1) is 8.07. The minimum absolute atomic E-state index is 0.0302. The lowest BCUT2D eigenvalue weighted by Gasteiger charge is -1.99. The van der Waals surface area contributed by atoms with Gasteiger partial charge in [-0.1, -0.05) is 12.1 Å². The van der Waals surface area contributed by atoms with E-state index in [0.717, 1.165) is 12.8 Å². The highest BCUT2D eigenvalue weighted by Gasteiger charge is 2.43. The third kappa shape index (κ3) is 1.73. The predicted molar refractivity (Wildman–Crippen MR) is 59.6 cm³/mol. The number of benzene rings is 1. The fourth-order valence-corrected chi connectivity index (χ4v) is 1.72. The molecule has 0 unspecified atom stereocenters. The zero-order valence-electron chi connectivity index (χ0n) is 9.34. The zero-order chi connectivity index (χ0) is 12.0. The summed E-state index contributed by atoms with van der Waals surface area (Å²) in [5.74, 6) is 0.949. The Morgan fingerprint density at radius 2 is 1.82 bits per heavy atom. The number of hydrogen-bond acceptors (Lipinski definition) is 5. The Morgan fingerprint density at radius 3 is 2.41 bits per heavy atom. The average molecular weight is 232 g/mol. The Balaban J connectivity index is 2.00. The lowest BCUT2D eigenvalue weighted by molar-refractivity contribution is 0.414. The number of phenolic OH excluding ortho intramolecular Hbond substituents is 2. The molecule has 5 nitrogen and oxygen atoms in total. The van der Waals surface area contributed by atoms with Crippen LogP contribution in [-0.4, -0.2) is 20.4 Å². The number of aromatic hydroxyl groups is 2. The van der Waals surface area contributed by atoms with Gasteiger partial charge in [-0.2, -0.15) is 4.98 Å². The third-order valence-corrected chi connectivity index (χ3v) is 3.12. The molecule has 0 radical (unpaired) electrons. The molecule has 17 heavy (non-hydrogen) atoms. The molecule has 1 heterocycles. The lowest BCUT2D eigenvalue weighted by Crippen LogP contribution is -2.01. The van der Waals surface area contributed by atoms with Gasteiger partial charge in [0.05, 0.1) is 0 Å². The highest BCUT2D eigenvalue weighted by Crippen LogP contribution is 2.46. The normalized spacial score (nSPS) is 17.0. The van der Waals surface area contributed by atoms with Gasteiger partial charge in [-0.3, -0.25) is 0 Å². The van der Waals surface area contributed by atoms with Crippen LogP contribution in [0.1, 0.15) is 25.6 Å². The minimum Gasteiger partial charge on any atom is -0.508 e. The minimum atomic E-state index is -0.0302. The quantitative estimate of drug-likeness (QED) is 0.829. The summed E-state index contributed by atoms with van der Waals surface area (Å²) in [6.07, 6.45) is 2.13. The SMILES string of the molecule is CC1(c2noc(-c3cc(O)cc(O)c3)n2)CC1. The van der Waals surface area contributed by atoms with Crippen LogP contribution in [0.4, 0.5) is 0 Å². The molecule has 0 spiro atoms. The molecular formula is C12H12N2O3. The van der Waals surface area contributed by atoms with E-state index in [4.69, 9.17) is 4.52 Å². The van der Waals surface area contributed by atoms with Gasteiger partial charge in [-0.05, 0) is 25.0 Å². The summed E-state index contributed by atoms with van der Waals surface area (Å²) < 4.78 is 5.14. The summed E-state index contributed by atoms with van der Waals surface area (Å²) in [6.45, 7) is 2.08. The van der Waals surface area contributed by atoms with E-state index >= 15 is 0 Å². The van der Waals surface area contributed by atoms with Crippen LogP contribution in [0.25, 0.3) is 11.5 Å². The first-order valence-electron chi connectivity index (χ1n) is 5.44. The summed E-state index contributed by atoms with van der Waals surface area (Å²) in [5.41, 5.74) is 0.561. The van der Waals surface area contributed by atoms with Crippen LogP contribution in [0.3, 0.4) is 0 Å². The topological polar surface area (TPSA) is 79.4 Å². The Hall–Kier alpha value is -2.04. The van der Waals surface area contributed by atoms with E-state index in [1.54, 1.807) is 0 Å². The first kappa shape index (κ1) is 10.1. The van der Waals surface area contributed by atoms with Gasteiger partial charge in [0.1, 0.15) is 11.5 Å². The molecule has 0 bridgehead atoms. The number of hydrogen-bond donors (Lipinski definition) is 2. The van der Waals surface area contributed by atoms with Gasteiger partial charge in [0.15, 0.2) is 5.82 Å². The molecule has 1 aliphatic carbocycles. The molecule has 1 aromatic heterocycles. The molecule has 88 valence electrons. The second-order valence-corrected chi connectivity index (χ2v) is 4.72. The summed E-state index contributed by atoms with van der Waals surface area (Å²) in [4.78, 5) is 4.30. The maximum Gasteiger partial charge on any atom is 0.258 e. The van der Waals surface area contributed by atoms with E-state index in [0.29, 0.717) is 17.3 Å². The summed E-state index contributed by atoms with van der Waals surface area (Å²) >= 11 is 0. The smallest absolute Gasteiger partial charge is 0.258 e. The number of rotatable bonds is 2. The molecule has 0 aliphatic heterocycles. The van der Waals surface area contributed by atoms with Gasteiger partial charge < -0.3 is 14.7 Å². The van der Waals surface area contributed by atoms with E-state index in [9.17, 15) is 10.2 Å². The van der Waals surface area contributed by atoms with E-state index in [-0.39, 0.29) is 16.9 Å². The first-order valence-corrected chi connectivity index (χ1v) is 5.44. The van der Waals surface area contributed by atoms with Crippen molar-refractivity contribution in [2.45, 2.75) is 25.2 Å². The lowest BCUT2D eigenvalue weighted by atomic mass is 10.1. The summed E-state index contributed by atoms with van der Waals surface area (Å²) in [5, 5.41) is 22.7. The molecule has 0 amide bonds. The summed E-state index contributed by atoms with van der Waals surface area (Å²) in [6, 6.07) is 4.21. The van der Waals surface area contributed by atoms with E-state index in [1.807, 2.05) is 0 Å². The molecule has 1 fully saturated rings. The molecule has 5 heteroatoms. The highest BCUT2D eigenvalue weighted by molar-refractivity contribution is 5.58. The van der Waals surface area contributed by atoms with Crippen molar-refractivity contribution in [2.24, 2.45) is 0 Å². The van der Waals surface area contributed by atoms with E-state index in [2.05, 4.69) is 17.1 Å². The molecular weight excluding hydrogens is 220 g/mol. The maximum atomic E-state index is 9.38. The molecule has 3 rings (SSSR count). The fourth-order valence-electron chi connectivity index (χ4n) is 1.72. The van der Waals surface area contributed by atoms with Crippen molar-refractivity contribution >= 4 is 0 Å². The standard InChI is InChI=1S/C12H12N2O3/c1-12(2-3-12)11-13-10(17-14-11)7-4-8(15)6-9(16)5-7/h4-6,15-16H,2-3H2,1H3. The van der Waals surface area contributed by atoms with Crippen molar-refractivity contribution in [3.63, 3.8) is 0 Å². The molecule has 0 saturated heterocycles. The Labute approximate surface area is 97.7 Å². The van der Waals surface area contributed by atoms with Gasteiger partial charge in [0, 0.05) is 17.0 Å². The molecule has 2 N–H and O–H groups in total. The Bertz CT molecular complexity index is 553. The van der Waals surface area contributed by atoms with Crippen LogP contribution in [0.5, 0.6) is 11.5 Å². The fraction of sp³-hybridized carbons (Fsp3) is 0.333. The van der Waals surface area contributed by atoms with E-state index < -0.39 is 0 Å². The van der Waals surface area contributed by atoms with Gasteiger partial charge >= 0.3 is 0 Å². The Morgan fingerprint density at radius 1 is 1.18 bits per heavy atom. The number of aromatic nitrogens is 2. The van der Waals surface area contributed by atoms with E-state index in [1.165, 1.54) is 18.2 Å². The monoisotopic (exact) mass is 232 g/mol. The van der Waals surface area contributed by atoms with Crippen molar-refractivity contribution < 1.29 is 14.7 Å². The van der Waals surface area contributed by atoms with Gasteiger partial charge in [-0.25, -0.2) is 0 Å². The molecule has 2 aromatic rings. The summed E-state index contributed by atoms with van der Waals surface area (Å²) in [7, 11) is 0. The largest absolute Gasteiger partial charge is 0.508 e. The van der Waals surface area contributed by atoms with Crippen LogP contribution >= 0.6 is 0 Å². The maximum absolute atomic E-state index is 9.38. The van der Waals surface area contributed by atoms with Gasteiger partial charge in [0.25, 0.3) is 5.89 Å². The third-order valence-electron chi connectivity index (χ3n) is 3.12. The van der Waals surface area contributed by atoms with Crippen molar-refractivity contribution in [3.05, 3.63) is 24.0 Å². The number of nitrogens with zero attached hydrogens (tertiary/aromatic N) is 2. The number of phenols is 2. The molecule has 0 atom stereocenters. The second-order valence-electron chi connectivity index (χ2n) is 4.72. The van der Waals surface area contributed by atoms with Crippen LogP contribution < -0.4 is 0 Å². The zero-order valence-corrected chi connectivity index (χ0v) is 9.34. The van der Waals surface area contributed by atoms with Crippen molar-refractivity contribution in [1.82, 2.24) is 10.1 Å². The molecule has 1 aromatic carbocycles. The van der Waals surface area contributed by atoms with Gasteiger partial charge in [-0.15, -0.1) is 0 Å².